The molecular weight excluding hydrogens is 447 g/mol. The number of allylic oxidation sites excluding steroid dienone is 8. The van der Waals surface area contributed by atoms with Crippen LogP contribution in [0, 0.1) is 0 Å². The van der Waals surface area contributed by atoms with E-state index in [1.165, 1.54) is 39.0 Å². The zero-order chi connectivity index (χ0) is 17.0. The van der Waals surface area contributed by atoms with Crippen LogP contribution < -0.4 is 0 Å². The second kappa shape index (κ2) is 8.22. The van der Waals surface area contributed by atoms with Crippen LogP contribution in [0.3, 0.4) is 0 Å². The van der Waals surface area contributed by atoms with E-state index in [9.17, 15) is 0 Å². The zero-order valence-electron chi connectivity index (χ0n) is 15.9. The third-order valence-corrected chi connectivity index (χ3v) is 27.1. The summed E-state index contributed by atoms with van der Waals surface area (Å²) in [5.74, 6) is 0. The second-order valence-electron chi connectivity index (χ2n) is 6.55. The van der Waals surface area contributed by atoms with Gasteiger partial charge in [0.15, 0.2) is 0 Å². The molecule has 2 nitrogen and oxygen atoms in total. The van der Waals surface area contributed by atoms with Gasteiger partial charge in [0.25, 0.3) is 0 Å². The molecule has 3 heteroatoms. The molecule has 0 aromatic carbocycles. The summed E-state index contributed by atoms with van der Waals surface area (Å²) in [6, 6.07) is 0. The Labute approximate surface area is 148 Å². The van der Waals surface area contributed by atoms with Crippen LogP contribution in [0.15, 0.2) is 42.1 Å². The van der Waals surface area contributed by atoms with Crippen molar-refractivity contribution in [2.24, 2.45) is 0 Å². The van der Waals surface area contributed by atoms with Crippen LogP contribution in [0.5, 0.6) is 0 Å². The second-order valence-corrected chi connectivity index (χ2v) is 20.3. The minimum atomic E-state index is -3.18. The molecule has 0 heterocycles. The third kappa shape index (κ3) is 3.17. The van der Waals surface area contributed by atoms with Crippen molar-refractivity contribution >= 4 is 0 Å². The molecule has 128 valence electrons. The monoisotopic (exact) mass is 482 g/mol. The number of rotatable bonds is 8. The summed E-state index contributed by atoms with van der Waals surface area (Å²) < 4.78 is 9.42. The maximum absolute atomic E-state index is 3.18. The first kappa shape index (κ1) is 19.1. The third-order valence-electron chi connectivity index (χ3n) is 5.62. The van der Waals surface area contributed by atoms with E-state index in [2.05, 4.69) is 71.6 Å². The summed E-state index contributed by atoms with van der Waals surface area (Å²) >= 11 is -3.18. The normalized spacial score (nSPS) is 18.4. The number of nitrogens with zero attached hydrogens (tertiary/aromatic N) is 2. The Morgan fingerprint density at radius 3 is 1.30 bits per heavy atom. The Morgan fingerprint density at radius 2 is 1.09 bits per heavy atom. The predicted octanol–water partition coefficient (Wildman–Crippen LogP) is 5.12. The van der Waals surface area contributed by atoms with E-state index in [0.717, 1.165) is 0 Å². The molecule has 0 amide bonds. The van der Waals surface area contributed by atoms with Crippen molar-refractivity contribution in [3.63, 3.8) is 0 Å². The summed E-state index contributed by atoms with van der Waals surface area (Å²) in [7, 11) is 0. The van der Waals surface area contributed by atoms with Crippen LogP contribution in [-0.4, -0.2) is 32.0 Å². The number of hydrogen-bond donors (Lipinski definition) is 0. The molecule has 0 aromatic rings. The molecule has 0 spiro atoms. The first-order chi connectivity index (χ1) is 11.1. The SMILES string of the molecule is CC[N](CC)[Hf]([C]1=C(C)C=CC1)([C]1=C(C)C=CC1)[N](CC)CC. The molecule has 0 bridgehead atoms. The van der Waals surface area contributed by atoms with Gasteiger partial charge in [-0.1, -0.05) is 0 Å². The Hall–Kier alpha value is -0.250. The fraction of sp³-hybridized carbons (Fsp3) is 0.600. The van der Waals surface area contributed by atoms with Crippen molar-refractivity contribution in [3.05, 3.63) is 42.1 Å². The fourth-order valence-corrected chi connectivity index (χ4v) is 26.8. The van der Waals surface area contributed by atoms with Gasteiger partial charge >= 0.3 is 149 Å². The van der Waals surface area contributed by atoms with Crippen molar-refractivity contribution in [2.45, 2.75) is 54.4 Å². The van der Waals surface area contributed by atoms with E-state index in [1.54, 1.807) is 11.1 Å². The van der Waals surface area contributed by atoms with Crippen LogP contribution in [0.1, 0.15) is 54.4 Å². The fourth-order valence-electron chi connectivity index (χ4n) is 4.57. The van der Waals surface area contributed by atoms with Crippen LogP contribution in [-0.2, 0) is 20.5 Å². The van der Waals surface area contributed by atoms with E-state index < -0.39 is 20.5 Å². The van der Waals surface area contributed by atoms with Gasteiger partial charge in [0.1, 0.15) is 0 Å². The molecule has 2 aliphatic carbocycles. The van der Waals surface area contributed by atoms with Crippen molar-refractivity contribution < 1.29 is 20.5 Å². The van der Waals surface area contributed by atoms with Crippen LogP contribution in [0.2, 0.25) is 0 Å². The van der Waals surface area contributed by atoms with E-state index in [1.807, 2.05) is 6.66 Å². The van der Waals surface area contributed by atoms with Gasteiger partial charge in [-0.05, 0) is 0 Å². The summed E-state index contributed by atoms with van der Waals surface area (Å²) in [5.41, 5.74) is 3.11. The molecule has 0 saturated carbocycles. The molecule has 0 radical (unpaired) electrons. The van der Waals surface area contributed by atoms with Gasteiger partial charge in [-0.25, -0.2) is 0 Å². The predicted molar refractivity (Wildman–Crippen MR) is 98.8 cm³/mol. The van der Waals surface area contributed by atoms with Gasteiger partial charge in [0, 0.05) is 0 Å². The van der Waals surface area contributed by atoms with Gasteiger partial charge in [-0.15, -0.1) is 0 Å². The first-order valence-electron chi connectivity index (χ1n) is 9.31. The Bertz CT molecular complexity index is 496. The Kier molecular flexibility index (Phi) is 6.82. The molecule has 0 saturated heterocycles. The molecular formula is C20H34HfN2. The standard InChI is InChI=1S/2C6H7.2C4H10N.Hf/c2*1-6-4-2-3-5-6;2*1-3-5-4-2;/h2*2,4H,3H2,1H3;2*3-4H2,1-2H3;/q;;2*-1;+2. The topological polar surface area (TPSA) is 6.48 Å². The van der Waals surface area contributed by atoms with Gasteiger partial charge in [-0.2, -0.15) is 0 Å². The van der Waals surface area contributed by atoms with Gasteiger partial charge in [0.05, 0.1) is 0 Å². The van der Waals surface area contributed by atoms with Crippen molar-refractivity contribution in [1.29, 1.82) is 0 Å². The average molecular weight is 481 g/mol. The minimum absolute atomic E-state index is 1.17. The number of hydrogen-bond acceptors (Lipinski definition) is 2. The molecule has 2 rings (SSSR count). The zero-order valence-corrected chi connectivity index (χ0v) is 19.5. The van der Waals surface area contributed by atoms with Crippen LogP contribution in [0.25, 0.3) is 0 Å². The molecule has 0 aromatic heterocycles. The Morgan fingerprint density at radius 1 is 0.739 bits per heavy atom. The summed E-state index contributed by atoms with van der Waals surface area (Å²) in [5, 5.41) is 0. The summed E-state index contributed by atoms with van der Waals surface area (Å²) in [6.45, 7) is 18.8. The van der Waals surface area contributed by atoms with Crippen molar-refractivity contribution in [2.75, 3.05) is 26.2 Å². The van der Waals surface area contributed by atoms with Crippen molar-refractivity contribution in [3.8, 4) is 0 Å². The average Bonchev–Trinajstić information content (AvgIpc) is 3.16. The molecule has 2 aliphatic rings. The van der Waals surface area contributed by atoms with E-state index >= 15 is 0 Å². The van der Waals surface area contributed by atoms with E-state index in [-0.39, 0.29) is 0 Å². The maximum atomic E-state index is 2.90. The molecule has 0 unspecified atom stereocenters. The van der Waals surface area contributed by atoms with Gasteiger partial charge in [-0.3, -0.25) is 0 Å². The summed E-state index contributed by atoms with van der Waals surface area (Å²) in [4.78, 5) is 0. The van der Waals surface area contributed by atoms with E-state index in [0.29, 0.717) is 0 Å². The summed E-state index contributed by atoms with van der Waals surface area (Å²) in [6.07, 6.45) is 11.9. The van der Waals surface area contributed by atoms with Gasteiger partial charge in [0.2, 0.25) is 0 Å². The molecule has 23 heavy (non-hydrogen) atoms. The Balaban J connectivity index is 2.73. The quantitative estimate of drug-likeness (QED) is 0.445. The first-order valence-corrected chi connectivity index (χ1v) is 16.1. The van der Waals surface area contributed by atoms with Crippen LogP contribution >= 0.6 is 0 Å². The molecule has 0 fully saturated rings. The van der Waals surface area contributed by atoms with Crippen LogP contribution in [0.4, 0.5) is 0 Å². The van der Waals surface area contributed by atoms with Gasteiger partial charge < -0.3 is 0 Å². The molecule has 0 N–H and O–H groups in total. The van der Waals surface area contributed by atoms with Crippen molar-refractivity contribution in [1.82, 2.24) is 5.78 Å². The molecule has 0 atom stereocenters. The molecule has 0 aliphatic heterocycles. The van der Waals surface area contributed by atoms with E-state index in [4.69, 9.17) is 0 Å².